The summed E-state index contributed by atoms with van der Waals surface area (Å²) < 4.78 is 5.13. The zero-order valence-corrected chi connectivity index (χ0v) is 12.1. The lowest BCUT2D eigenvalue weighted by Crippen LogP contribution is -2.37. The lowest BCUT2D eigenvalue weighted by atomic mass is 10.1. The quantitative estimate of drug-likeness (QED) is 0.862. The molecule has 20 heavy (non-hydrogen) atoms. The van der Waals surface area contributed by atoms with Crippen LogP contribution in [0.15, 0.2) is 30.3 Å². The van der Waals surface area contributed by atoms with Crippen molar-refractivity contribution in [2.75, 3.05) is 20.3 Å². The third-order valence-corrected chi connectivity index (χ3v) is 3.92. The largest absolute Gasteiger partial charge is 0.383 e. The fourth-order valence-corrected chi connectivity index (χ4v) is 2.77. The van der Waals surface area contributed by atoms with Gasteiger partial charge in [-0.25, -0.2) is 0 Å². The first-order valence-corrected chi connectivity index (χ1v) is 7.28. The molecule has 4 nitrogen and oxygen atoms in total. The molecule has 2 rings (SSSR count). The van der Waals surface area contributed by atoms with E-state index in [-0.39, 0.29) is 17.9 Å². The molecule has 0 bridgehead atoms. The summed E-state index contributed by atoms with van der Waals surface area (Å²) in [4.78, 5) is 14.5. The number of amides is 1. The predicted molar refractivity (Wildman–Crippen MR) is 79.1 cm³/mol. The van der Waals surface area contributed by atoms with Crippen LogP contribution >= 0.6 is 0 Å². The number of carbonyl (C=O) groups excluding carboxylic acids is 1. The molecule has 1 aliphatic rings. The van der Waals surface area contributed by atoms with Gasteiger partial charge in [-0.1, -0.05) is 30.3 Å². The maximum absolute atomic E-state index is 12.6. The maximum Gasteiger partial charge on any atom is 0.226 e. The molecule has 2 N–H and O–H groups in total. The first-order valence-electron chi connectivity index (χ1n) is 7.28. The van der Waals surface area contributed by atoms with Gasteiger partial charge >= 0.3 is 0 Å². The van der Waals surface area contributed by atoms with Crippen LogP contribution in [0.1, 0.15) is 24.8 Å². The standard InChI is InChI=1S/C16H24N2O2/c1-20-10-9-18(12-13-5-3-2-4-6-13)16(19)14-7-8-15(17)11-14/h2-6,14-15H,7-12,17H2,1H3/t14-,15+/m1/s1. The van der Waals surface area contributed by atoms with E-state index in [4.69, 9.17) is 10.5 Å². The van der Waals surface area contributed by atoms with Crippen molar-refractivity contribution in [1.29, 1.82) is 0 Å². The highest BCUT2D eigenvalue weighted by Crippen LogP contribution is 2.26. The van der Waals surface area contributed by atoms with Gasteiger partial charge in [0, 0.05) is 32.2 Å². The van der Waals surface area contributed by atoms with Gasteiger partial charge in [-0.15, -0.1) is 0 Å². The van der Waals surface area contributed by atoms with Gasteiger partial charge in [-0.05, 0) is 24.8 Å². The van der Waals surface area contributed by atoms with Crippen LogP contribution in [-0.4, -0.2) is 37.1 Å². The van der Waals surface area contributed by atoms with Crippen LogP contribution in [0.3, 0.4) is 0 Å². The fourth-order valence-electron chi connectivity index (χ4n) is 2.77. The second-order valence-corrected chi connectivity index (χ2v) is 5.51. The maximum atomic E-state index is 12.6. The van der Waals surface area contributed by atoms with E-state index < -0.39 is 0 Å². The molecule has 110 valence electrons. The Morgan fingerprint density at radius 2 is 2.10 bits per heavy atom. The topological polar surface area (TPSA) is 55.6 Å². The minimum absolute atomic E-state index is 0.0885. The molecule has 0 aliphatic heterocycles. The van der Waals surface area contributed by atoms with Gasteiger partial charge in [0.25, 0.3) is 0 Å². The van der Waals surface area contributed by atoms with E-state index in [1.807, 2.05) is 35.2 Å². The first kappa shape index (κ1) is 15.0. The number of ether oxygens (including phenoxy) is 1. The molecule has 1 aromatic carbocycles. The molecule has 0 heterocycles. The molecule has 0 spiro atoms. The van der Waals surface area contributed by atoms with Gasteiger partial charge in [0.05, 0.1) is 6.61 Å². The molecule has 0 aromatic heterocycles. The number of methoxy groups -OCH3 is 1. The van der Waals surface area contributed by atoms with Crippen LogP contribution in [0, 0.1) is 5.92 Å². The highest BCUT2D eigenvalue weighted by atomic mass is 16.5. The van der Waals surface area contributed by atoms with E-state index in [2.05, 4.69) is 0 Å². The molecule has 1 aliphatic carbocycles. The van der Waals surface area contributed by atoms with Crippen molar-refractivity contribution in [2.45, 2.75) is 31.8 Å². The Balaban J connectivity index is 2.00. The van der Waals surface area contributed by atoms with Crippen LogP contribution in [0.5, 0.6) is 0 Å². The first-order chi connectivity index (χ1) is 9.70. The molecule has 1 amide bonds. The molecular weight excluding hydrogens is 252 g/mol. The van der Waals surface area contributed by atoms with Gasteiger partial charge in [0.15, 0.2) is 0 Å². The number of nitrogens with two attached hydrogens (primary N) is 1. The number of carbonyl (C=O) groups is 1. The van der Waals surface area contributed by atoms with Crippen LogP contribution in [-0.2, 0) is 16.1 Å². The van der Waals surface area contributed by atoms with Crippen molar-refractivity contribution >= 4 is 5.91 Å². The molecule has 2 atom stereocenters. The van der Waals surface area contributed by atoms with E-state index in [0.29, 0.717) is 19.7 Å². The Morgan fingerprint density at radius 3 is 2.70 bits per heavy atom. The number of hydrogen-bond donors (Lipinski definition) is 1. The van der Waals surface area contributed by atoms with E-state index >= 15 is 0 Å². The Bertz CT molecular complexity index is 422. The molecule has 0 saturated heterocycles. The number of rotatable bonds is 6. The number of hydrogen-bond acceptors (Lipinski definition) is 3. The Morgan fingerprint density at radius 1 is 1.35 bits per heavy atom. The van der Waals surface area contributed by atoms with Crippen molar-refractivity contribution in [3.05, 3.63) is 35.9 Å². The second-order valence-electron chi connectivity index (χ2n) is 5.51. The Hall–Kier alpha value is -1.39. The summed E-state index contributed by atoms with van der Waals surface area (Å²) in [5, 5.41) is 0. The lowest BCUT2D eigenvalue weighted by molar-refractivity contribution is -0.136. The number of benzene rings is 1. The molecule has 1 aromatic rings. The summed E-state index contributed by atoms with van der Waals surface area (Å²) in [5.74, 6) is 0.310. The minimum atomic E-state index is 0.0885. The van der Waals surface area contributed by atoms with Crippen LogP contribution in [0.4, 0.5) is 0 Å². The Kier molecular flexibility index (Phi) is 5.56. The summed E-state index contributed by atoms with van der Waals surface area (Å²) in [6.45, 7) is 1.85. The van der Waals surface area contributed by atoms with E-state index in [1.165, 1.54) is 0 Å². The highest BCUT2D eigenvalue weighted by molar-refractivity contribution is 5.79. The van der Waals surface area contributed by atoms with Crippen molar-refractivity contribution in [3.63, 3.8) is 0 Å². The van der Waals surface area contributed by atoms with Crippen LogP contribution in [0.25, 0.3) is 0 Å². The monoisotopic (exact) mass is 276 g/mol. The molecule has 0 unspecified atom stereocenters. The highest BCUT2D eigenvalue weighted by Gasteiger charge is 2.30. The normalized spacial score (nSPS) is 21.9. The van der Waals surface area contributed by atoms with Gasteiger partial charge in [0.1, 0.15) is 0 Å². The number of nitrogens with zero attached hydrogens (tertiary/aromatic N) is 1. The molecule has 1 fully saturated rings. The van der Waals surface area contributed by atoms with Crippen LogP contribution in [0.2, 0.25) is 0 Å². The van der Waals surface area contributed by atoms with Gasteiger partial charge in [0.2, 0.25) is 5.91 Å². The van der Waals surface area contributed by atoms with Crippen molar-refractivity contribution in [2.24, 2.45) is 11.7 Å². The van der Waals surface area contributed by atoms with Crippen molar-refractivity contribution in [3.8, 4) is 0 Å². The molecule has 4 heteroatoms. The van der Waals surface area contributed by atoms with E-state index in [1.54, 1.807) is 7.11 Å². The van der Waals surface area contributed by atoms with E-state index in [9.17, 15) is 4.79 Å². The predicted octanol–water partition coefficient (Wildman–Crippen LogP) is 1.79. The van der Waals surface area contributed by atoms with Crippen molar-refractivity contribution in [1.82, 2.24) is 4.90 Å². The SMILES string of the molecule is COCCN(Cc1ccccc1)C(=O)[C@@H]1CC[C@H](N)C1. The second kappa shape index (κ2) is 7.41. The zero-order valence-electron chi connectivity index (χ0n) is 12.1. The molecular formula is C16H24N2O2. The third kappa shape index (κ3) is 4.05. The third-order valence-electron chi connectivity index (χ3n) is 3.92. The summed E-state index contributed by atoms with van der Waals surface area (Å²) in [6.07, 6.45) is 2.69. The zero-order chi connectivity index (χ0) is 14.4. The average molecular weight is 276 g/mol. The smallest absolute Gasteiger partial charge is 0.226 e. The molecule has 1 saturated carbocycles. The van der Waals surface area contributed by atoms with E-state index in [0.717, 1.165) is 24.8 Å². The van der Waals surface area contributed by atoms with Crippen LogP contribution < -0.4 is 5.73 Å². The molecule has 0 radical (unpaired) electrons. The fraction of sp³-hybridized carbons (Fsp3) is 0.562. The van der Waals surface area contributed by atoms with Gasteiger partial charge in [-0.2, -0.15) is 0 Å². The van der Waals surface area contributed by atoms with Gasteiger partial charge < -0.3 is 15.4 Å². The summed E-state index contributed by atoms with van der Waals surface area (Å²) >= 11 is 0. The summed E-state index contributed by atoms with van der Waals surface area (Å²) in [6, 6.07) is 10.3. The van der Waals surface area contributed by atoms with Crippen molar-refractivity contribution < 1.29 is 9.53 Å². The average Bonchev–Trinajstić information content (AvgIpc) is 2.90. The van der Waals surface area contributed by atoms with Gasteiger partial charge in [-0.3, -0.25) is 4.79 Å². The minimum Gasteiger partial charge on any atom is -0.383 e. The Labute approximate surface area is 120 Å². The summed E-state index contributed by atoms with van der Waals surface area (Å²) in [7, 11) is 1.66. The summed E-state index contributed by atoms with van der Waals surface area (Å²) in [5.41, 5.74) is 7.07. The lowest BCUT2D eigenvalue weighted by Gasteiger charge is -2.25.